The summed E-state index contributed by atoms with van der Waals surface area (Å²) in [6.07, 6.45) is -0.599. The van der Waals surface area contributed by atoms with Crippen LogP contribution in [0.3, 0.4) is 0 Å². The van der Waals surface area contributed by atoms with Gasteiger partial charge in [0.15, 0.2) is 11.5 Å². The van der Waals surface area contributed by atoms with Gasteiger partial charge in [0.2, 0.25) is 0 Å². The molecule has 1 heterocycles. The van der Waals surface area contributed by atoms with Crippen LogP contribution in [0, 0.1) is 0 Å². The zero-order valence-corrected chi connectivity index (χ0v) is 8.54. The predicted octanol–water partition coefficient (Wildman–Crippen LogP) is 2.16. The van der Waals surface area contributed by atoms with E-state index in [1.54, 1.807) is 19.1 Å². The van der Waals surface area contributed by atoms with Gasteiger partial charge in [-0.2, -0.15) is 0 Å². The van der Waals surface area contributed by atoms with E-state index >= 15 is 0 Å². The fourth-order valence-corrected chi connectivity index (χ4v) is 1.79. The van der Waals surface area contributed by atoms with E-state index in [1.807, 2.05) is 0 Å². The van der Waals surface area contributed by atoms with Crippen molar-refractivity contribution in [2.45, 2.75) is 13.0 Å². The number of aliphatic hydroxyl groups is 1. The Kier molecular flexibility index (Phi) is 2.52. The van der Waals surface area contributed by atoms with Gasteiger partial charge in [0.25, 0.3) is 0 Å². The van der Waals surface area contributed by atoms with Gasteiger partial charge in [-0.1, -0.05) is 17.7 Å². The third-order valence-corrected chi connectivity index (χ3v) is 2.52. The maximum absolute atomic E-state index is 9.43. The molecule has 0 aliphatic carbocycles. The third-order valence-electron chi connectivity index (χ3n) is 2.13. The van der Waals surface area contributed by atoms with Crippen molar-refractivity contribution >= 4 is 11.6 Å². The minimum Gasteiger partial charge on any atom is -0.486 e. The van der Waals surface area contributed by atoms with Crippen LogP contribution in [-0.2, 0) is 0 Å². The molecule has 0 spiro atoms. The average molecular weight is 215 g/mol. The first-order valence-corrected chi connectivity index (χ1v) is 4.84. The van der Waals surface area contributed by atoms with Crippen molar-refractivity contribution in [2.24, 2.45) is 0 Å². The van der Waals surface area contributed by atoms with E-state index in [1.165, 1.54) is 0 Å². The van der Waals surface area contributed by atoms with Crippen LogP contribution < -0.4 is 9.47 Å². The maximum atomic E-state index is 9.43. The Morgan fingerprint density at radius 1 is 1.36 bits per heavy atom. The summed E-state index contributed by atoms with van der Waals surface area (Å²) in [6, 6.07) is 3.52. The van der Waals surface area contributed by atoms with Gasteiger partial charge in [0.1, 0.15) is 13.2 Å². The lowest BCUT2D eigenvalue weighted by atomic mass is 10.1. The van der Waals surface area contributed by atoms with Crippen molar-refractivity contribution in [2.75, 3.05) is 13.2 Å². The molecule has 0 radical (unpaired) electrons. The molecule has 4 heteroatoms. The van der Waals surface area contributed by atoms with E-state index in [9.17, 15) is 5.11 Å². The number of ether oxygens (including phenoxy) is 2. The first-order valence-electron chi connectivity index (χ1n) is 4.46. The van der Waals surface area contributed by atoms with Gasteiger partial charge in [-0.3, -0.25) is 0 Å². The van der Waals surface area contributed by atoms with Gasteiger partial charge < -0.3 is 14.6 Å². The molecule has 2 rings (SSSR count). The lowest BCUT2D eigenvalue weighted by Gasteiger charge is -2.21. The van der Waals surface area contributed by atoms with Crippen LogP contribution in [0.4, 0.5) is 0 Å². The Bertz CT molecular complexity index is 349. The van der Waals surface area contributed by atoms with Gasteiger partial charge in [-0.15, -0.1) is 0 Å². The second-order valence-electron chi connectivity index (χ2n) is 3.17. The molecule has 0 saturated heterocycles. The SMILES string of the molecule is CC(O)c1ccc2c(c1Cl)OCCO2. The number of hydrogen-bond donors (Lipinski definition) is 1. The highest BCUT2D eigenvalue weighted by Gasteiger charge is 2.19. The summed E-state index contributed by atoms with van der Waals surface area (Å²) < 4.78 is 10.7. The third kappa shape index (κ3) is 1.53. The molecule has 1 N–H and O–H groups in total. The summed E-state index contributed by atoms with van der Waals surface area (Å²) in [5.74, 6) is 1.18. The zero-order valence-electron chi connectivity index (χ0n) is 7.79. The van der Waals surface area contributed by atoms with Crippen LogP contribution in [0.2, 0.25) is 5.02 Å². The first kappa shape index (κ1) is 9.62. The number of halogens is 1. The van der Waals surface area contributed by atoms with Gasteiger partial charge in [0.05, 0.1) is 11.1 Å². The lowest BCUT2D eigenvalue weighted by molar-refractivity contribution is 0.168. The smallest absolute Gasteiger partial charge is 0.180 e. The highest BCUT2D eigenvalue weighted by molar-refractivity contribution is 6.33. The second-order valence-corrected chi connectivity index (χ2v) is 3.55. The molecular weight excluding hydrogens is 204 g/mol. The van der Waals surface area contributed by atoms with Crippen LogP contribution in [0.1, 0.15) is 18.6 Å². The lowest BCUT2D eigenvalue weighted by Crippen LogP contribution is -2.16. The van der Waals surface area contributed by atoms with Crippen LogP contribution in [-0.4, -0.2) is 18.3 Å². The van der Waals surface area contributed by atoms with Gasteiger partial charge in [-0.25, -0.2) is 0 Å². The molecule has 0 fully saturated rings. The molecule has 0 aromatic heterocycles. The first-order chi connectivity index (χ1) is 6.70. The summed E-state index contributed by atoms with van der Waals surface area (Å²) in [6.45, 7) is 2.70. The van der Waals surface area contributed by atoms with Crippen molar-refractivity contribution in [1.29, 1.82) is 0 Å². The topological polar surface area (TPSA) is 38.7 Å². The standard InChI is InChI=1S/C10H11ClO3/c1-6(12)7-2-3-8-10(9(7)11)14-5-4-13-8/h2-3,6,12H,4-5H2,1H3. The fourth-order valence-electron chi connectivity index (χ4n) is 1.42. The average Bonchev–Trinajstić information content (AvgIpc) is 2.18. The molecule has 0 bridgehead atoms. The summed E-state index contributed by atoms with van der Waals surface area (Å²) in [4.78, 5) is 0. The van der Waals surface area contributed by atoms with Crippen molar-refractivity contribution < 1.29 is 14.6 Å². The molecule has 1 aliphatic heterocycles. The van der Waals surface area contributed by atoms with Crippen LogP contribution in [0.5, 0.6) is 11.5 Å². The largest absolute Gasteiger partial charge is 0.486 e. The van der Waals surface area contributed by atoms with Crippen molar-refractivity contribution in [3.63, 3.8) is 0 Å². The Balaban J connectivity index is 2.49. The van der Waals surface area contributed by atoms with Crippen LogP contribution in [0.25, 0.3) is 0 Å². The van der Waals surface area contributed by atoms with Crippen molar-refractivity contribution in [1.82, 2.24) is 0 Å². The van der Waals surface area contributed by atoms with E-state index < -0.39 is 6.10 Å². The Morgan fingerprint density at radius 2 is 2.07 bits per heavy atom. The molecule has 0 saturated carbocycles. The molecule has 14 heavy (non-hydrogen) atoms. The highest BCUT2D eigenvalue weighted by Crippen LogP contribution is 2.41. The number of aliphatic hydroxyl groups excluding tert-OH is 1. The van der Waals surface area contributed by atoms with Crippen LogP contribution in [0.15, 0.2) is 12.1 Å². The van der Waals surface area contributed by atoms with E-state index in [-0.39, 0.29) is 0 Å². The quantitative estimate of drug-likeness (QED) is 0.779. The minimum atomic E-state index is -0.599. The normalized spacial score (nSPS) is 16.5. The van der Waals surface area contributed by atoms with Crippen LogP contribution >= 0.6 is 11.6 Å². The number of fused-ring (bicyclic) bond motifs is 1. The Hall–Kier alpha value is -0.930. The van der Waals surface area contributed by atoms with Crippen molar-refractivity contribution in [3.05, 3.63) is 22.7 Å². The molecule has 3 nitrogen and oxygen atoms in total. The van der Waals surface area contributed by atoms with E-state index in [0.717, 1.165) is 0 Å². The summed E-state index contributed by atoms with van der Waals surface area (Å²) in [5.41, 5.74) is 0.663. The predicted molar refractivity (Wildman–Crippen MR) is 53.1 cm³/mol. The minimum absolute atomic E-state index is 0.442. The molecule has 0 amide bonds. The summed E-state index contributed by atoms with van der Waals surface area (Å²) in [7, 11) is 0. The molecule has 1 aliphatic rings. The Labute approximate surface area is 87.2 Å². The molecular formula is C10H11ClO3. The Morgan fingerprint density at radius 3 is 2.79 bits per heavy atom. The van der Waals surface area contributed by atoms with E-state index in [2.05, 4.69) is 0 Å². The molecule has 1 aromatic rings. The summed E-state index contributed by atoms with van der Waals surface area (Å²) >= 11 is 6.06. The number of benzene rings is 1. The molecule has 1 atom stereocenters. The van der Waals surface area contributed by atoms with Gasteiger partial charge >= 0.3 is 0 Å². The zero-order chi connectivity index (χ0) is 10.1. The van der Waals surface area contributed by atoms with Gasteiger partial charge in [0, 0.05) is 5.56 Å². The van der Waals surface area contributed by atoms with E-state index in [4.69, 9.17) is 21.1 Å². The monoisotopic (exact) mass is 214 g/mol. The second kappa shape index (κ2) is 3.67. The van der Waals surface area contributed by atoms with Gasteiger partial charge in [-0.05, 0) is 13.0 Å². The highest BCUT2D eigenvalue weighted by atomic mass is 35.5. The summed E-state index contributed by atoms with van der Waals surface area (Å²) in [5, 5.41) is 9.87. The van der Waals surface area contributed by atoms with E-state index in [0.29, 0.717) is 35.3 Å². The van der Waals surface area contributed by atoms with Crippen molar-refractivity contribution in [3.8, 4) is 11.5 Å². The number of rotatable bonds is 1. The fraction of sp³-hybridized carbons (Fsp3) is 0.400. The molecule has 1 aromatic carbocycles. The molecule has 76 valence electrons. The molecule has 1 unspecified atom stereocenters. The maximum Gasteiger partial charge on any atom is 0.180 e. The number of hydrogen-bond acceptors (Lipinski definition) is 3.